The molecule has 1 heterocycles. The van der Waals surface area contributed by atoms with E-state index in [-0.39, 0.29) is 17.4 Å². The van der Waals surface area contributed by atoms with Gasteiger partial charge in [0.15, 0.2) is 0 Å². The predicted molar refractivity (Wildman–Crippen MR) is 80.5 cm³/mol. The van der Waals surface area contributed by atoms with Crippen LogP contribution in [0.15, 0.2) is 15.9 Å². The summed E-state index contributed by atoms with van der Waals surface area (Å²) >= 11 is 5.07. The smallest absolute Gasteiger partial charge is 0.221 e. The highest BCUT2D eigenvalue weighted by molar-refractivity contribution is 9.10. The second kappa shape index (κ2) is 6.68. The molecule has 0 saturated heterocycles. The molecule has 0 radical (unpaired) electrons. The van der Waals surface area contributed by atoms with E-state index >= 15 is 0 Å². The van der Waals surface area contributed by atoms with Gasteiger partial charge in [-0.3, -0.25) is 4.79 Å². The van der Waals surface area contributed by atoms with Crippen LogP contribution in [0.25, 0.3) is 0 Å². The Morgan fingerprint density at radius 3 is 2.72 bits per heavy atom. The van der Waals surface area contributed by atoms with Gasteiger partial charge in [-0.2, -0.15) is 0 Å². The minimum absolute atomic E-state index is 0.0204. The zero-order chi connectivity index (χ0) is 13.8. The van der Waals surface area contributed by atoms with E-state index in [0.29, 0.717) is 13.0 Å². The molecule has 0 aliphatic rings. The second-order valence-corrected chi connectivity index (χ2v) is 7.55. The summed E-state index contributed by atoms with van der Waals surface area (Å²) in [5.41, 5.74) is 6.14. The van der Waals surface area contributed by atoms with E-state index in [2.05, 4.69) is 42.0 Å². The lowest BCUT2D eigenvalue weighted by Crippen LogP contribution is -2.33. The van der Waals surface area contributed by atoms with Gasteiger partial charge in [0.1, 0.15) is 0 Å². The topological polar surface area (TPSA) is 55.1 Å². The van der Waals surface area contributed by atoms with Gasteiger partial charge in [0.2, 0.25) is 5.91 Å². The fraction of sp³-hybridized carbons (Fsp3) is 0.615. The van der Waals surface area contributed by atoms with Crippen molar-refractivity contribution >= 4 is 33.2 Å². The molecule has 0 saturated carbocycles. The number of carbonyl (C=O) groups excluding carboxylic acids is 1. The van der Waals surface area contributed by atoms with Crippen molar-refractivity contribution in [2.75, 3.05) is 0 Å². The molecular weight excluding hydrogens is 312 g/mol. The molecular formula is C13H21BrN2OS. The lowest BCUT2D eigenvalue weighted by molar-refractivity contribution is -0.121. The summed E-state index contributed by atoms with van der Waals surface area (Å²) in [6, 6.07) is 1.91. The summed E-state index contributed by atoms with van der Waals surface area (Å²) in [7, 11) is 0. The number of halogens is 1. The largest absolute Gasteiger partial charge is 0.351 e. The van der Waals surface area contributed by atoms with Gasteiger partial charge in [0, 0.05) is 21.8 Å². The Hall–Kier alpha value is -0.390. The van der Waals surface area contributed by atoms with Crippen LogP contribution in [-0.4, -0.2) is 11.9 Å². The molecule has 5 heteroatoms. The van der Waals surface area contributed by atoms with Crippen LogP contribution in [0.5, 0.6) is 0 Å². The Bertz CT molecular complexity index is 398. The van der Waals surface area contributed by atoms with Crippen molar-refractivity contribution in [3.8, 4) is 0 Å². The first-order chi connectivity index (χ1) is 8.28. The quantitative estimate of drug-likeness (QED) is 0.869. The Kier molecular flexibility index (Phi) is 5.82. The Morgan fingerprint density at radius 1 is 1.56 bits per heavy atom. The van der Waals surface area contributed by atoms with E-state index in [1.165, 1.54) is 0 Å². The molecule has 1 rings (SSSR count). The highest BCUT2D eigenvalue weighted by Crippen LogP contribution is 2.23. The number of hydrogen-bond acceptors (Lipinski definition) is 3. The summed E-state index contributed by atoms with van der Waals surface area (Å²) in [6.45, 7) is 6.97. The summed E-state index contributed by atoms with van der Waals surface area (Å²) in [5, 5.41) is 4.90. The van der Waals surface area contributed by atoms with Gasteiger partial charge in [0.25, 0.3) is 0 Å². The highest BCUT2D eigenvalue weighted by atomic mass is 79.9. The zero-order valence-corrected chi connectivity index (χ0v) is 13.5. The van der Waals surface area contributed by atoms with Crippen LogP contribution in [0.2, 0.25) is 0 Å². The number of nitrogens with one attached hydrogen (secondary N) is 1. The monoisotopic (exact) mass is 332 g/mol. The molecule has 18 heavy (non-hydrogen) atoms. The minimum atomic E-state index is -0.0724. The van der Waals surface area contributed by atoms with Gasteiger partial charge < -0.3 is 11.1 Å². The molecule has 0 spiro atoms. The molecule has 1 atom stereocenters. The van der Waals surface area contributed by atoms with Crippen LogP contribution in [0.1, 0.15) is 38.5 Å². The molecule has 3 nitrogen and oxygen atoms in total. The van der Waals surface area contributed by atoms with Gasteiger partial charge in [-0.25, -0.2) is 0 Å². The number of amides is 1. The first kappa shape index (κ1) is 15.7. The maximum Gasteiger partial charge on any atom is 0.221 e. The van der Waals surface area contributed by atoms with Gasteiger partial charge in [0.05, 0.1) is 6.54 Å². The standard InChI is InChI=1S/C13H21BrN2OS/c1-13(2,3)7-9(15)6-12(17)16-8-11-10(14)4-5-18-11/h4-5,9H,6-8,15H2,1-3H3,(H,16,17). The zero-order valence-electron chi connectivity index (χ0n) is 11.1. The molecule has 3 N–H and O–H groups in total. The normalized spacial score (nSPS) is 13.4. The third-order valence-corrected chi connectivity index (χ3v) is 4.39. The van der Waals surface area contributed by atoms with Crippen molar-refractivity contribution in [1.82, 2.24) is 5.32 Å². The fourth-order valence-corrected chi connectivity index (χ4v) is 3.23. The van der Waals surface area contributed by atoms with E-state index in [0.717, 1.165) is 15.8 Å². The van der Waals surface area contributed by atoms with Crippen molar-refractivity contribution in [3.63, 3.8) is 0 Å². The SMILES string of the molecule is CC(C)(C)CC(N)CC(=O)NCc1sccc1Br. The van der Waals surface area contributed by atoms with Crippen LogP contribution < -0.4 is 11.1 Å². The first-order valence-electron chi connectivity index (χ1n) is 6.02. The average molecular weight is 333 g/mol. The van der Waals surface area contributed by atoms with Crippen LogP contribution in [0, 0.1) is 5.41 Å². The fourth-order valence-electron chi connectivity index (χ4n) is 1.80. The summed E-state index contributed by atoms with van der Waals surface area (Å²) in [6.07, 6.45) is 1.24. The van der Waals surface area contributed by atoms with E-state index in [9.17, 15) is 4.79 Å². The van der Waals surface area contributed by atoms with Crippen molar-refractivity contribution in [2.24, 2.45) is 11.1 Å². The van der Waals surface area contributed by atoms with Crippen molar-refractivity contribution in [2.45, 2.75) is 46.2 Å². The molecule has 102 valence electrons. The maximum atomic E-state index is 11.7. The third kappa shape index (κ3) is 5.98. The molecule has 1 unspecified atom stereocenters. The van der Waals surface area contributed by atoms with Crippen LogP contribution >= 0.6 is 27.3 Å². The van der Waals surface area contributed by atoms with E-state index in [1.54, 1.807) is 11.3 Å². The van der Waals surface area contributed by atoms with Gasteiger partial charge >= 0.3 is 0 Å². The summed E-state index contributed by atoms with van der Waals surface area (Å²) < 4.78 is 1.05. The molecule has 1 aromatic heterocycles. The first-order valence-corrected chi connectivity index (χ1v) is 7.69. The molecule has 1 aromatic rings. The molecule has 0 aromatic carbocycles. The Morgan fingerprint density at radius 2 is 2.22 bits per heavy atom. The summed E-state index contributed by atoms with van der Waals surface area (Å²) in [4.78, 5) is 12.9. The predicted octanol–water partition coefficient (Wildman–Crippen LogP) is 3.28. The van der Waals surface area contributed by atoms with Gasteiger partial charge in [-0.15, -0.1) is 11.3 Å². The number of nitrogens with two attached hydrogens (primary N) is 1. The number of carbonyl (C=O) groups is 1. The average Bonchev–Trinajstić information content (AvgIpc) is 2.57. The van der Waals surface area contributed by atoms with E-state index < -0.39 is 0 Å². The Balaban J connectivity index is 2.32. The molecule has 0 aliphatic heterocycles. The van der Waals surface area contributed by atoms with Crippen LogP contribution in [-0.2, 0) is 11.3 Å². The lowest BCUT2D eigenvalue weighted by atomic mass is 9.87. The van der Waals surface area contributed by atoms with Gasteiger partial charge in [-0.05, 0) is 39.2 Å². The van der Waals surface area contributed by atoms with E-state index in [1.807, 2.05) is 11.4 Å². The van der Waals surface area contributed by atoms with E-state index in [4.69, 9.17) is 5.73 Å². The van der Waals surface area contributed by atoms with Gasteiger partial charge in [-0.1, -0.05) is 20.8 Å². The highest BCUT2D eigenvalue weighted by Gasteiger charge is 2.18. The van der Waals surface area contributed by atoms with Crippen molar-refractivity contribution in [3.05, 3.63) is 20.8 Å². The lowest BCUT2D eigenvalue weighted by Gasteiger charge is -2.22. The third-order valence-electron chi connectivity index (χ3n) is 2.46. The maximum absolute atomic E-state index is 11.7. The molecule has 0 aliphatic carbocycles. The van der Waals surface area contributed by atoms with Crippen molar-refractivity contribution in [1.29, 1.82) is 0 Å². The molecule has 0 bridgehead atoms. The van der Waals surface area contributed by atoms with Crippen LogP contribution in [0.4, 0.5) is 0 Å². The Labute approximate surface area is 121 Å². The number of hydrogen-bond donors (Lipinski definition) is 2. The minimum Gasteiger partial charge on any atom is -0.351 e. The second-order valence-electron chi connectivity index (χ2n) is 5.70. The van der Waals surface area contributed by atoms with Crippen LogP contribution in [0.3, 0.4) is 0 Å². The molecule has 1 amide bonds. The molecule has 0 fully saturated rings. The number of thiophene rings is 1. The summed E-state index contributed by atoms with van der Waals surface area (Å²) in [5.74, 6) is 0.0204. The van der Waals surface area contributed by atoms with Crippen molar-refractivity contribution < 1.29 is 4.79 Å². The number of rotatable bonds is 5.